The van der Waals surface area contributed by atoms with Gasteiger partial charge in [-0.05, 0) is 0 Å². The van der Waals surface area contributed by atoms with Gasteiger partial charge in [-0.1, -0.05) is 4.52 Å². The highest BCUT2D eigenvalue weighted by Gasteiger charge is 2.38. The Morgan fingerprint density at radius 3 is 2.33 bits per heavy atom. The third-order valence-corrected chi connectivity index (χ3v) is 2.24. The molecule has 0 radical (unpaired) electrons. The van der Waals surface area contributed by atoms with Crippen LogP contribution in [0.5, 0.6) is 0 Å². The smallest absolute Gasteiger partial charge is 0.351 e. The molecule has 5 N–H and O–H groups in total. The van der Waals surface area contributed by atoms with Crippen molar-refractivity contribution in [3.05, 3.63) is 0 Å². The maximum absolute atomic E-state index is 10.6. The lowest BCUT2D eigenvalue weighted by Crippen LogP contribution is -2.34. The van der Waals surface area contributed by atoms with Crippen molar-refractivity contribution in [2.45, 2.75) is 12.6 Å². The highest BCUT2D eigenvalue weighted by atomic mass is 31.2. The minimum atomic E-state index is -4.96. The number of hydrogen-bond donors (Lipinski definition) is 4. The van der Waals surface area contributed by atoms with Gasteiger partial charge < -0.3 is 24.1 Å². The molecule has 0 aromatic heterocycles. The molecule has 0 amide bonds. The van der Waals surface area contributed by atoms with Crippen LogP contribution in [0, 0.1) is 0 Å². The van der Waals surface area contributed by atoms with Crippen molar-refractivity contribution in [2.75, 3.05) is 20.3 Å². The van der Waals surface area contributed by atoms with E-state index in [1.54, 1.807) is 0 Å². The van der Waals surface area contributed by atoms with Gasteiger partial charge >= 0.3 is 16.1 Å². The minimum Gasteiger partial charge on any atom is -0.351 e. The second-order valence-corrected chi connectivity index (χ2v) is 4.53. The maximum Gasteiger partial charge on any atom is 0.697 e. The first-order valence-corrected chi connectivity index (χ1v) is 6.99. The van der Waals surface area contributed by atoms with Gasteiger partial charge in [-0.15, -0.1) is 4.89 Å². The quantitative estimate of drug-likeness (QED) is 0.168. The molecule has 0 saturated carbocycles. The molecule has 13 heteroatoms. The van der Waals surface area contributed by atoms with Crippen molar-refractivity contribution in [1.82, 2.24) is 0 Å². The first-order chi connectivity index (χ1) is 8.30. The fourth-order valence-corrected chi connectivity index (χ4v) is 1.61. The van der Waals surface area contributed by atoms with E-state index in [9.17, 15) is 9.13 Å². The van der Waals surface area contributed by atoms with Crippen LogP contribution in [0.25, 0.3) is 0 Å². The predicted molar refractivity (Wildman–Crippen MR) is 54.7 cm³/mol. The van der Waals surface area contributed by atoms with Gasteiger partial charge in [0.05, 0.1) is 13.2 Å². The van der Waals surface area contributed by atoms with Gasteiger partial charge in [-0.2, -0.15) is 0 Å². The molecule has 0 saturated heterocycles. The van der Waals surface area contributed by atoms with Gasteiger partial charge in [0.25, 0.3) is 6.29 Å². The van der Waals surface area contributed by atoms with Gasteiger partial charge in [0.2, 0.25) is 6.29 Å². The monoisotopic (exact) mass is 310 g/mol. The molecule has 0 aliphatic heterocycles. The Bertz CT molecular complexity index is 294. The van der Waals surface area contributed by atoms with E-state index >= 15 is 0 Å². The third kappa shape index (κ3) is 8.97. The van der Waals surface area contributed by atoms with Crippen LogP contribution in [-0.4, -0.2) is 47.6 Å². The van der Waals surface area contributed by atoms with Crippen molar-refractivity contribution in [3.63, 3.8) is 0 Å². The van der Waals surface area contributed by atoms with Crippen molar-refractivity contribution in [2.24, 2.45) is 5.90 Å². The Morgan fingerprint density at radius 1 is 1.33 bits per heavy atom. The fourth-order valence-electron chi connectivity index (χ4n) is 0.813. The second-order valence-electron chi connectivity index (χ2n) is 2.65. The topological polar surface area (TPSA) is 167 Å². The first kappa shape index (κ1) is 18.0. The van der Waals surface area contributed by atoms with Gasteiger partial charge in [-0.25, -0.2) is 15.0 Å². The highest BCUT2D eigenvalue weighted by Crippen LogP contribution is 2.40. The summed E-state index contributed by atoms with van der Waals surface area (Å²) in [6.45, 7) is -0.171. The molecule has 0 aliphatic carbocycles. The molecule has 108 valence electrons. The summed E-state index contributed by atoms with van der Waals surface area (Å²) in [5.74, 6) is 4.72. The van der Waals surface area contributed by atoms with Crippen LogP contribution >= 0.6 is 16.1 Å². The normalized spacial score (nSPS) is 16.4. The Balaban J connectivity index is 4.56. The van der Waals surface area contributed by atoms with Crippen LogP contribution < -0.4 is 5.90 Å². The predicted octanol–water partition coefficient (Wildman–Crippen LogP) is -1.03. The Morgan fingerprint density at radius 2 is 1.94 bits per heavy atom. The molecule has 0 rings (SSSR count). The summed E-state index contributed by atoms with van der Waals surface area (Å²) in [5, 5.41) is 0. The molecule has 3 atom stereocenters. The van der Waals surface area contributed by atoms with Crippen molar-refractivity contribution in [1.29, 1.82) is 0 Å². The summed E-state index contributed by atoms with van der Waals surface area (Å²) >= 11 is 0. The standard InChI is InChI=1S/C5H13NO10P2/c1-12-4(13-2-3-14-6)5(15-17(7)8)16-18(9,10)11/h4-5H,2-3,6H2,1H3,(H2-,7,8,9,10,11)/p+1/t4?,5-/m1/s1. The molecule has 0 heterocycles. The second kappa shape index (κ2) is 8.97. The number of phosphoric ester groups is 1. The number of methoxy groups -OCH3 is 1. The lowest BCUT2D eigenvalue weighted by atomic mass is 10.6. The Hall–Kier alpha value is -0.0300. The van der Waals surface area contributed by atoms with Crippen molar-refractivity contribution in [3.8, 4) is 0 Å². The Labute approximate surface area is 103 Å². The molecule has 0 aliphatic rings. The summed E-state index contributed by atoms with van der Waals surface area (Å²) in [4.78, 5) is 29.9. The van der Waals surface area contributed by atoms with Gasteiger partial charge in [0.15, 0.2) is 0 Å². The fraction of sp³-hybridized carbons (Fsp3) is 1.00. The molecular weight excluding hydrogens is 296 g/mol. The lowest BCUT2D eigenvalue weighted by molar-refractivity contribution is -0.231. The zero-order chi connectivity index (χ0) is 14.2. The van der Waals surface area contributed by atoms with Gasteiger partial charge in [0, 0.05) is 11.7 Å². The molecule has 11 nitrogen and oxygen atoms in total. The number of phosphoric acid groups is 1. The number of rotatable bonds is 10. The largest absolute Gasteiger partial charge is 0.697 e. The van der Waals surface area contributed by atoms with Crippen LogP contribution in [0.4, 0.5) is 0 Å². The van der Waals surface area contributed by atoms with Crippen LogP contribution in [-0.2, 0) is 32.5 Å². The molecule has 0 aromatic carbocycles. The van der Waals surface area contributed by atoms with Crippen LogP contribution in [0.1, 0.15) is 0 Å². The number of hydrogen-bond acceptors (Lipinski definition) is 8. The van der Waals surface area contributed by atoms with Crippen LogP contribution in [0.15, 0.2) is 0 Å². The average Bonchev–Trinajstić information content (AvgIpc) is 2.21. The van der Waals surface area contributed by atoms with E-state index in [2.05, 4.69) is 18.6 Å². The van der Waals surface area contributed by atoms with Gasteiger partial charge in [-0.3, -0.25) is 0 Å². The van der Waals surface area contributed by atoms with E-state index in [0.29, 0.717) is 0 Å². The summed E-state index contributed by atoms with van der Waals surface area (Å²) in [7, 11) is -7.04. The first-order valence-electron chi connectivity index (χ1n) is 4.33. The molecule has 0 aromatic rings. The van der Waals surface area contributed by atoms with Crippen molar-refractivity contribution < 1.29 is 47.2 Å². The molecule has 2 unspecified atom stereocenters. The summed E-state index contributed by atoms with van der Waals surface area (Å²) in [6, 6.07) is 0. The molecule has 0 fully saturated rings. The van der Waals surface area contributed by atoms with E-state index in [1.165, 1.54) is 0 Å². The van der Waals surface area contributed by atoms with E-state index in [4.69, 9.17) is 25.3 Å². The SMILES string of the molecule is COC(OCCON)[C@H](O[P+](=O)O)OP(=O)(O)O. The zero-order valence-corrected chi connectivity index (χ0v) is 11.0. The summed E-state index contributed by atoms with van der Waals surface area (Å²) in [5.41, 5.74) is 0. The molecular formula is C5H14NO10P2+. The Kier molecular flexibility index (Phi) is 8.95. The molecule has 0 spiro atoms. The molecule has 0 bridgehead atoms. The van der Waals surface area contributed by atoms with E-state index in [0.717, 1.165) is 7.11 Å². The minimum absolute atomic E-state index is 0.0479. The van der Waals surface area contributed by atoms with Gasteiger partial charge in [0.1, 0.15) is 0 Å². The summed E-state index contributed by atoms with van der Waals surface area (Å²) in [6.07, 6.45) is -3.36. The van der Waals surface area contributed by atoms with Crippen molar-refractivity contribution >= 4 is 16.1 Å². The van der Waals surface area contributed by atoms with E-state index < -0.39 is 28.7 Å². The average molecular weight is 310 g/mol. The number of nitrogens with two attached hydrogens (primary N) is 1. The highest BCUT2D eigenvalue weighted by molar-refractivity contribution is 7.46. The summed E-state index contributed by atoms with van der Waals surface area (Å²) < 4.78 is 39.0. The maximum atomic E-state index is 10.6. The zero-order valence-electron chi connectivity index (χ0n) is 9.24. The molecule has 18 heavy (non-hydrogen) atoms. The number of ether oxygens (including phenoxy) is 2. The lowest BCUT2D eigenvalue weighted by Gasteiger charge is -2.21. The van der Waals surface area contributed by atoms with E-state index in [-0.39, 0.29) is 13.2 Å². The third-order valence-electron chi connectivity index (χ3n) is 1.37. The van der Waals surface area contributed by atoms with Crippen LogP contribution in [0.2, 0.25) is 0 Å². The van der Waals surface area contributed by atoms with E-state index in [1.807, 2.05) is 0 Å². The van der Waals surface area contributed by atoms with Crippen LogP contribution in [0.3, 0.4) is 0 Å².